The first-order valence-corrected chi connectivity index (χ1v) is 10.3. The molecule has 2 heterocycles. The van der Waals surface area contributed by atoms with Gasteiger partial charge in [-0.3, -0.25) is 4.90 Å². The summed E-state index contributed by atoms with van der Waals surface area (Å²) in [5, 5.41) is 4.77. The van der Waals surface area contributed by atoms with Crippen LogP contribution < -0.4 is 4.74 Å². The molecule has 0 fully saturated rings. The third kappa shape index (κ3) is 4.09. The molecule has 3 aromatic rings. The standard InChI is InChI=1S/C18H21BrN4OS2/c1-4-22(11-13-9-10-16(19)26-13)12-23-18(25)21(2)17(20-23)14-7-5-6-8-15(14)24-3/h5-10H,4,11-12H2,1-3H3. The van der Waals surface area contributed by atoms with Crippen molar-refractivity contribution in [2.24, 2.45) is 7.05 Å². The second kappa shape index (κ2) is 8.47. The molecule has 0 saturated heterocycles. The monoisotopic (exact) mass is 452 g/mol. The quantitative estimate of drug-likeness (QED) is 0.476. The second-order valence-corrected chi connectivity index (χ2v) is 8.77. The highest BCUT2D eigenvalue weighted by Gasteiger charge is 2.15. The number of aromatic nitrogens is 3. The highest BCUT2D eigenvalue weighted by molar-refractivity contribution is 9.11. The molecule has 0 atom stereocenters. The Balaban J connectivity index is 1.88. The Morgan fingerprint density at radius 2 is 2.04 bits per heavy atom. The zero-order valence-corrected chi connectivity index (χ0v) is 18.2. The van der Waals surface area contributed by atoms with E-state index in [-0.39, 0.29) is 0 Å². The van der Waals surface area contributed by atoms with Crippen LogP contribution in [0.2, 0.25) is 0 Å². The SMILES string of the molecule is CCN(Cc1ccc(Br)s1)Cn1nc(-c2ccccc2OC)n(C)c1=S. The van der Waals surface area contributed by atoms with Crippen LogP contribution in [-0.4, -0.2) is 32.9 Å². The van der Waals surface area contributed by atoms with Gasteiger partial charge in [-0.2, -0.15) is 5.10 Å². The van der Waals surface area contributed by atoms with Crippen molar-refractivity contribution in [2.45, 2.75) is 20.1 Å². The Bertz CT molecular complexity index is 947. The molecule has 0 unspecified atom stereocenters. The van der Waals surface area contributed by atoms with E-state index in [0.717, 1.165) is 34.0 Å². The highest BCUT2D eigenvalue weighted by atomic mass is 79.9. The molecule has 8 heteroatoms. The van der Waals surface area contributed by atoms with Crippen LogP contribution in [0.15, 0.2) is 40.2 Å². The smallest absolute Gasteiger partial charge is 0.199 e. The van der Waals surface area contributed by atoms with Crippen LogP contribution in [0.5, 0.6) is 5.75 Å². The van der Waals surface area contributed by atoms with Gasteiger partial charge in [0.2, 0.25) is 0 Å². The van der Waals surface area contributed by atoms with E-state index < -0.39 is 0 Å². The maximum atomic E-state index is 5.62. The fourth-order valence-electron chi connectivity index (χ4n) is 2.75. The van der Waals surface area contributed by atoms with E-state index in [1.807, 2.05) is 40.6 Å². The number of hydrogen-bond donors (Lipinski definition) is 0. The van der Waals surface area contributed by atoms with E-state index in [1.54, 1.807) is 18.4 Å². The van der Waals surface area contributed by atoms with Crippen molar-refractivity contribution in [3.8, 4) is 17.1 Å². The first kappa shape index (κ1) is 19.3. The van der Waals surface area contributed by atoms with Crippen LogP contribution in [0.1, 0.15) is 11.8 Å². The maximum Gasteiger partial charge on any atom is 0.199 e. The van der Waals surface area contributed by atoms with Gasteiger partial charge in [-0.05, 0) is 59.0 Å². The number of benzene rings is 1. The molecule has 1 aromatic carbocycles. The number of ether oxygens (including phenoxy) is 1. The van der Waals surface area contributed by atoms with Crippen LogP contribution in [0, 0.1) is 4.77 Å². The lowest BCUT2D eigenvalue weighted by molar-refractivity contribution is 0.209. The molecule has 0 aliphatic heterocycles. The van der Waals surface area contributed by atoms with Crippen LogP contribution in [0.3, 0.4) is 0 Å². The first-order chi connectivity index (χ1) is 12.5. The van der Waals surface area contributed by atoms with Gasteiger partial charge >= 0.3 is 0 Å². The number of rotatable bonds is 7. The minimum Gasteiger partial charge on any atom is -0.496 e. The number of nitrogens with zero attached hydrogens (tertiary/aromatic N) is 4. The van der Waals surface area contributed by atoms with Crippen molar-refractivity contribution < 1.29 is 4.74 Å². The molecular formula is C18H21BrN4OS2. The molecule has 138 valence electrons. The molecule has 0 N–H and O–H groups in total. The van der Waals surface area contributed by atoms with E-state index in [1.165, 1.54) is 4.88 Å². The number of para-hydroxylation sites is 1. The van der Waals surface area contributed by atoms with E-state index >= 15 is 0 Å². The predicted molar refractivity (Wildman–Crippen MR) is 112 cm³/mol. The zero-order valence-electron chi connectivity index (χ0n) is 15.0. The Kier molecular flexibility index (Phi) is 6.29. The number of thiophene rings is 1. The van der Waals surface area contributed by atoms with Gasteiger partial charge in [0.25, 0.3) is 0 Å². The molecule has 26 heavy (non-hydrogen) atoms. The molecule has 3 rings (SSSR count). The molecule has 0 aliphatic carbocycles. The van der Waals surface area contributed by atoms with Crippen molar-refractivity contribution in [1.29, 1.82) is 0 Å². The summed E-state index contributed by atoms with van der Waals surface area (Å²) in [6.07, 6.45) is 0. The molecule has 0 radical (unpaired) electrons. The number of halogens is 1. The minimum atomic E-state index is 0.647. The summed E-state index contributed by atoms with van der Waals surface area (Å²) in [4.78, 5) is 3.62. The lowest BCUT2D eigenvalue weighted by Gasteiger charge is -2.19. The Morgan fingerprint density at radius 1 is 1.27 bits per heavy atom. The van der Waals surface area contributed by atoms with Crippen molar-refractivity contribution in [3.63, 3.8) is 0 Å². The molecule has 0 amide bonds. The summed E-state index contributed by atoms with van der Waals surface area (Å²) in [5.74, 6) is 1.60. The fraction of sp³-hybridized carbons (Fsp3) is 0.333. The summed E-state index contributed by atoms with van der Waals surface area (Å²) in [7, 11) is 3.61. The van der Waals surface area contributed by atoms with Gasteiger partial charge in [-0.15, -0.1) is 11.3 Å². The topological polar surface area (TPSA) is 35.2 Å². The third-order valence-electron chi connectivity index (χ3n) is 4.18. The Morgan fingerprint density at radius 3 is 2.69 bits per heavy atom. The highest BCUT2D eigenvalue weighted by Crippen LogP contribution is 2.28. The third-order valence-corrected chi connectivity index (χ3v) is 6.27. The number of methoxy groups -OCH3 is 1. The van der Waals surface area contributed by atoms with Crippen LogP contribution in [0.4, 0.5) is 0 Å². The van der Waals surface area contributed by atoms with Crippen LogP contribution >= 0.6 is 39.5 Å². The fourth-order valence-corrected chi connectivity index (χ4v) is 4.46. The lowest BCUT2D eigenvalue weighted by Crippen LogP contribution is -2.26. The summed E-state index contributed by atoms with van der Waals surface area (Å²) < 4.78 is 11.1. The summed E-state index contributed by atoms with van der Waals surface area (Å²) in [5.41, 5.74) is 0.938. The van der Waals surface area contributed by atoms with E-state index in [0.29, 0.717) is 11.4 Å². The van der Waals surface area contributed by atoms with Gasteiger partial charge in [0.05, 0.1) is 23.1 Å². The van der Waals surface area contributed by atoms with E-state index in [2.05, 4.69) is 39.9 Å². The molecule has 0 aliphatic rings. The van der Waals surface area contributed by atoms with Gasteiger partial charge < -0.3 is 9.30 Å². The van der Waals surface area contributed by atoms with Gasteiger partial charge in [-0.25, -0.2) is 4.68 Å². The van der Waals surface area contributed by atoms with Crippen LogP contribution in [0.25, 0.3) is 11.4 Å². The summed E-state index contributed by atoms with van der Waals surface area (Å²) in [6.45, 7) is 4.58. The average Bonchev–Trinajstić information content (AvgIpc) is 3.18. The summed E-state index contributed by atoms with van der Waals surface area (Å²) >= 11 is 10.9. The van der Waals surface area contributed by atoms with Gasteiger partial charge in [0.1, 0.15) is 5.75 Å². The maximum absolute atomic E-state index is 5.62. The van der Waals surface area contributed by atoms with Gasteiger partial charge in [0, 0.05) is 18.5 Å². The summed E-state index contributed by atoms with van der Waals surface area (Å²) in [6, 6.07) is 12.1. The Labute approximate surface area is 171 Å². The zero-order chi connectivity index (χ0) is 18.7. The van der Waals surface area contributed by atoms with Crippen molar-refractivity contribution >= 4 is 39.5 Å². The molecular weight excluding hydrogens is 432 g/mol. The van der Waals surface area contributed by atoms with Crippen molar-refractivity contribution in [3.05, 3.63) is 49.8 Å². The minimum absolute atomic E-state index is 0.647. The first-order valence-electron chi connectivity index (χ1n) is 8.27. The second-order valence-electron chi connectivity index (χ2n) is 5.86. The molecule has 0 saturated carbocycles. The lowest BCUT2D eigenvalue weighted by atomic mass is 10.2. The number of hydrogen-bond acceptors (Lipinski definition) is 5. The van der Waals surface area contributed by atoms with Crippen molar-refractivity contribution in [1.82, 2.24) is 19.2 Å². The molecule has 0 spiro atoms. The Hall–Kier alpha value is -1.48. The molecule has 5 nitrogen and oxygen atoms in total. The molecule has 2 aromatic heterocycles. The normalized spacial score (nSPS) is 11.3. The average molecular weight is 453 g/mol. The van der Waals surface area contributed by atoms with Gasteiger partial charge in [0.15, 0.2) is 10.6 Å². The van der Waals surface area contributed by atoms with Crippen LogP contribution in [-0.2, 0) is 20.3 Å². The van der Waals surface area contributed by atoms with E-state index in [9.17, 15) is 0 Å². The van der Waals surface area contributed by atoms with Gasteiger partial charge in [-0.1, -0.05) is 19.1 Å². The molecule has 0 bridgehead atoms. The largest absolute Gasteiger partial charge is 0.496 e. The predicted octanol–water partition coefficient (Wildman–Crippen LogP) is 4.93. The van der Waals surface area contributed by atoms with Crippen molar-refractivity contribution in [2.75, 3.05) is 13.7 Å². The van der Waals surface area contributed by atoms with E-state index in [4.69, 9.17) is 22.1 Å².